The monoisotopic (exact) mass is 317 g/mol. The van der Waals surface area contributed by atoms with Gasteiger partial charge in [0.15, 0.2) is 6.61 Å². The van der Waals surface area contributed by atoms with E-state index in [4.69, 9.17) is 16.3 Å². The van der Waals surface area contributed by atoms with Gasteiger partial charge in [-0.1, -0.05) is 49.7 Å². The summed E-state index contributed by atoms with van der Waals surface area (Å²) >= 11 is 5.97. The number of para-hydroxylation sites is 1. The molecule has 1 N–H and O–H groups in total. The molecule has 2 rings (SSSR count). The Morgan fingerprint density at radius 2 is 1.86 bits per heavy atom. The fourth-order valence-corrected chi connectivity index (χ4v) is 2.22. The minimum atomic E-state index is -0.212. The fourth-order valence-electron chi connectivity index (χ4n) is 2.03. The molecule has 0 aromatic heterocycles. The number of benzene rings is 2. The summed E-state index contributed by atoms with van der Waals surface area (Å²) in [6.07, 6.45) is 1.09. The van der Waals surface area contributed by atoms with Crippen molar-refractivity contribution in [2.75, 3.05) is 11.9 Å². The van der Waals surface area contributed by atoms with Crippen LogP contribution in [0.4, 0.5) is 5.69 Å². The molecule has 0 radical (unpaired) electrons. The zero-order valence-electron chi connectivity index (χ0n) is 12.8. The van der Waals surface area contributed by atoms with Gasteiger partial charge in [-0.25, -0.2) is 0 Å². The summed E-state index contributed by atoms with van der Waals surface area (Å²) in [5.74, 6) is 0.816. The van der Waals surface area contributed by atoms with Crippen molar-refractivity contribution in [2.24, 2.45) is 0 Å². The minimum absolute atomic E-state index is 0.0726. The van der Waals surface area contributed by atoms with Gasteiger partial charge in [0.1, 0.15) is 5.75 Å². The Hall–Kier alpha value is -2.00. The molecule has 22 heavy (non-hydrogen) atoms. The van der Waals surface area contributed by atoms with E-state index in [1.807, 2.05) is 36.4 Å². The van der Waals surface area contributed by atoms with Gasteiger partial charge < -0.3 is 10.1 Å². The third-order valence-electron chi connectivity index (χ3n) is 3.57. The second kappa shape index (κ2) is 7.85. The Labute approximate surface area is 136 Å². The van der Waals surface area contributed by atoms with Crippen LogP contribution in [0.1, 0.15) is 31.7 Å². The number of ether oxygens (including phenoxy) is 1. The van der Waals surface area contributed by atoms with Crippen LogP contribution in [-0.2, 0) is 4.79 Å². The van der Waals surface area contributed by atoms with Crippen LogP contribution in [0.15, 0.2) is 48.5 Å². The predicted molar refractivity (Wildman–Crippen MR) is 90.7 cm³/mol. The van der Waals surface area contributed by atoms with E-state index in [0.717, 1.165) is 12.1 Å². The van der Waals surface area contributed by atoms with Crippen molar-refractivity contribution in [1.29, 1.82) is 0 Å². The second-order valence-electron chi connectivity index (χ2n) is 5.20. The highest BCUT2D eigenvalue weighted by Gasteiger charge is 2.07. The Morgan fingerprint density at radius 1 is 1.18 bits per heavy atom. The maximum absolute atomic E-state index is 11.9. The van der Waals surface area contributed by atoms with Gasteiger partial charge >= 0.3 is 0 Å². The molecular formula is C18H20ClNO2. The lowest BCUT2D eigenvalue weighted by Gasteiger charge is -2.11. The highest BCUT2D eigenvalue weighted by atomic mass is 35.5. The largest absolute Gasteiger partial charge is 0.482 e. The van der Waals surface area contributed by atoms with Gasteiger partial charge in [-0.2, -0.15) is 0 Å². The van der Waals surface area contributed by atoms with Crippen LogP contribution in [0.2, 0.25) is 5.02 Å². The van der Waals surface area contributed by atoms with E-state index in [0.29, 0.717) is 16.7 Å². The van der Waals surface area contributed by atoms with Crippen molar-refractivity contribution in [1.82, 2.24) is 0 Å². The summed E-state index contributed by atoms with van der Waals surface area (Å²) in [7, 11) is 0. The maximum Gasteiger partial charge on any atom is 0.262 e. The van der Waals surface area contributed by atoms with Crippen molar-refractivity contribution in [2.45, 2.75) is 26.2 Å². The van der Waals surface area contributed by atoms with E-state index in [-0.39, 0.29) is 12.5 Å². The number of hydrogen-bond acceptors (Lipinski definition) is 2. The lowest BCUT2D eigenvalue weighted by atomic mass is 9.99. The molecule has 0 fully saturated rings. The van der Waals surface area contributed by atoms with Crippen molar-refractivity contribution >= 4 is 23.2 Å². The van der Waals surface area contributed by atoms with E-state index < -0.39 is 0 Å². The zero-order valence-corrected chi connectivity index (χ0v) is 13.6. The van der Waals surface area contributed by atoms with E-state index >= 15 is 0 Å². The molecule has 0 unspecified atom stereocenters. The average molecular weight is 318 g/mol. The molecule has 4 heteroatoms. The molecule has 0 heterocycles. The van der Waals surface area contributed by atoms with Crippen molar-refractivity contribution in [3.8, 4) is 5.75 Å². The van der Waals surface area contributed by atoms with Crippen LogP contribution in [-0.4, -0.2) is 12.5 Å². The highest BCUT2D eigenvalue weighted by Crippen LogP contribution is 2.23. The van der Waals surface area contributed by atoms with Crippen LogP contribution in [0.3, 0.4) is 0 Å². The van der Waals surface area contributed by atoms with Crippen LogP contribution >= 0.6 is 11.6 Å². The minimum Gasteiger partial charge on any atom is -0.482 e. The third kappa shape index (κ3) is 4.50. The molecule has 116 valence electrons. The number of carbonyl (C=O) groups excluding carboxylic acids is 1. The number of amides is 1. The zero-order chi connectivity index (χ0) is 15.9. The lowest BCUT2D eigenvalue weighted by molar-refractivity contribution is -0.118. The molecule has 3 nitrogen and oxygen atoms in total. The van der Waals surface area contributed by atoms with E-state index in [9.17, 15) is 4.79 Å². The van der Waals surface area contributed by atoms with E-state index in [1.165, 1.54) is 5.56 Å². The molecule has 0 spiro atoms. The number of anilines is 1. The van der Waals surface area contributed by atoms with Gasteiger partial charge in [-0.3, -0.25) is 4.79 Å². The van der Waals surface area contributed by atoms with Crippen LogP contribution in [0.5, 0.6) is 5.75 Å². The number of hydrogen-bond donors (Lipinski definition) is 1. The maximum atomic E-state index is 11.9. The Kier molecular flexibility index (Phi) is 5.84. The Bertz CT molecular complexity index is 625. The fraction of sp³-hybridized carbons (Fsp3) is 0.278. The number of carbonyl (C=O) groups is 1. The average Bonchev–Trinajstić information content (AvgIpc) is 2.54. The third-order valence-corrected chi connectivity index (χ3v) is 3.88. The molecule has 2 aromatic rings. The standard InChI is InChI=1S/C18H20ClNO2/c1-3-13(2)14-8-10-15(11-9-14)20-18(21)12-22-17-7-5-4-6-16(17)19/h4-11,13H,3,12H2,1-2H3,(H,20,21)/t13-/m0/s1. The first-order valence-corrected chi connectivity index (χ1v) is 7.75. The Morgan fingerprint density at radius 3 is 2.50 bits per heavy atom. The molecule has 0 aliphatic carbocycles. The van der Waals surface area contributed by atoms with E-state index in [2.05, 4.69) is 19.2 Å². The SMILES string of the molecule is CC[C@H](C)c1ccc(NC(=O)COc2ccccc2Cl)cc1. The second-order valence-corrected chi connectivity index (χ2v) is 5.61. The Balaban J connectivity index is 1.88. The van der Waals surface area contributed by atoms with Gasteiger partial charge in [0.25, 0.3) is 5.91 Å². The van der Waals surface area contributed by atoms with E-state index in [1.54, 1.807) is 12.1 Å². The molecule has 2 aromatic carbocycles. The van der Waals surface area contributed by atoms with Gasteiger partial charge in [0, 0.05) is 5.69 Å². The lowest BCUT2D eigenvalue weighted by Crippen LogP contribution is -2.20. The van der Waals surface area contributed by atoms with Crippen molar-refractivity contribution in [3.05, 3.63) is 59.1 Å². The molecule has 0 saturated carbocycles. The molecular weight excluding hydrogens is 298 g/mol. The first-order valence-electron chi connectivity index (χ1n) is 7.37. The number of rotatable bonds is 6. The van der Waals surface area contributed by atoms with Gasteiger partial charge in [-0.05, 0) is 42.2 Å². The first kappa shape index (κ1) is 16.4. The summed E-state index contributed by atoms with van der Waals surface area (Å²) in [5, 5.41) is 3.30. The van der Waals surface area contributed by atoms with Gasteiger partial charge in [0.05, 0.1) is 5.02 Å². The van der Waals surface area contributed by atoms with Crippen molar-refractivity contribution in [3.63, 3.8) is 0 Å². The van der Waals surface area contributed by atoms with Gasteiger partial charge in [0.2, 0.25) is 0 Å². The van der Waals surface area contributed by atoms with Crippen LogP contribution in [0.25, 0.3) is 0 Å². The summed E-state index contributed by atoms with van der Waals surface area (Å²) in [5.41, 5.74) is 2.03. The summed E-state index contributed by atoms with van der Waals surface area (Å²) in [4.78, 5) is 11.9. The summed E-state index contributed by atoms with van der Waals surface area (Å²) in [6.45, 7) is 4.27. The topological polar surface area (TPSA) is 38.3 Å². The predicted octanol–water partition coefficient (Wildman–Crippen LogP) is 4.87. The smallest absolute Gasteiger partial charge is 0.262 e. The molecule has 0 bridgehead atoms. The summed E-state index contributed by atoms with van der Waals surface area (Å²) in [6, 6.07) is 15.0. The molecule has 0 aliphatic rings. The van der Waals surface area contributed by atoms with Gasteiger partial charge in [-0.15, -0.1) is 0 Å². The number of halogens is 1. The molecule has 1 amide bonds. The molecule has 1 atom stereocenters. The number of nitrogens with one attached hydrogen (secondary N) is 1. The molecule has 0 aliphatic heterocycles. The quantitative estimate of drug-likeness (QED) is 0.825. The molecule has 0 saturated heterocycles. The first-order chi connectivity index (χ1) is 10.6. The highest BCUT2D eigenvalue weighted by molar-refractivity contribution is 6.32. The van der Waals surface area contributed by atoms with Crippen molar-refractivity contribution < 1.29 is 9.53 Å². The normalized spacial score (nSPS) is 11.8. The van der Waals surface area contributed by atoms with Crippen LogP contribution < -0.4 is 10.1 Å². The van der Waals surface area contributed by atoms with Crippen LogP contribution in [0, 0.1) is 0 Å². The summed E-state index contributed by atoms with van der Waals surface area (Å²) < 4.78 is 5.41.